The summed E-state index contributed by atoms with van der Waals surface area (Å²) in [5.74, 6) is 0.572. The first-order valence-electron chi connectivity index (χ1n) is 8.64. The molecule has 29 heavy (non-hydrogen) atoms. The maximum Gasteiger partial charge on any atom is 0.175 e. The van der Waals surface area contributed by atoms with Crippen LogP contribution in [0.2, 0.25) is 5.02 Å². The molecule has 0 spiro atoms. The standard InChI is InChI=1S/C23H16BrClFNO2/c1-28-22-12-15(10-17(13-27)18-7-3-4-8-20(18)25)11-19(24)23(22)29-14-16-6-2-5-9-21(16)26/h2-12H,14H2,1H3. The van der Waals surface area contributed by atoms with Crippen LogP contribution in [0, 0.1) is 17.1 Å². The van der Waals surface area contributed by atoms with Gasteiger partial charge in [-0.15, -0.1) is 0 Å². The summed E-state index contributed by atoms with van der Waals surface area (Å²) in [4.78, 5) is 0. The molecule has 0 heterocycles. The molecule has 3 nitrogen and oxygen atoms in total. The van der Waals surface area contributed by atoms with E-state index in [0.29, 0.717) is 37.7 Å². The highest BCUT2D eigenvalue weighted by Gasteiger charge is 2.14. The Balaban J connectivity index is 1.93. The Morgan fingerprint density at radius 2 is 1.90 bits per heavy atom. The van der Waals surface area contributed by atoms with Gasteiger partial charge in [-0.05, 0) is 51.8 Å². The molecule has 0 fully saturated rings. The van der Waals surface area contributed by atoms with Crippen molar-refractivity contribution in [2.75, 3.05) is 7.11 Å². The fourth-order valence-electron chi connectivity index (χ4n) is 2.75. The monoisotopic (exact) mass is 471 g/mol. The van der Waals surface area contributed by atoms with Gasteiger partial charge < -0.3 is 9.47 Å². The lowest BCUT2D eigenvalue weighted by atomic mass is 10.0. The smallest absolute Gasteiger partial charge is 0.175 e. The maximum absolute atomic E-state index is 13.8. The van der Waals surface area contributed by atoms with Crippen molar-refractivity contribution < 1.29 is 13.9 Å². The molecule has 0 radical (unpaired) electrons. The number of ether oxygens (including phenoxy) is 2. The van der Waals surface area contributed by atoms with Crippen molar-refractivity contribution in [3.05, 3.63) is 92.7 Å². The Morgan fingerprint density at radius 1 is 1.17 bits per heavy atom. The Hall–Kier alpha value is -2.81. The molecule has 3 aromatic carbocycles. The molecular weight excluding hydrogens is 457 g/mol. The van der Waals surface area contributed by atoms with Crippen LogP contribution in [0.15, 0.2) is 65.1 Å². The third-order valence-corrected chi connectivity index (χ3v) is 5.10. The van der Waals surface area contributed by atoms with E-state index in [2.05, 4.69) is 22.0 Å². The quantitative estimate of drug-likeness (QED) is 0.290. The first-order chi connectivity index (χ1) is 14.0. The fraction of sp³-hybridized carbons (Fsp3) is 0.0870. The van der Waals surface area contributed by atoms with Crippen molar-refractivity contribution in [1.29, 1.82) is 5.26 Å². The molecule has 146 valence electrons. The van der Waals surface area contributed by atoms with Gasteiger partial charge >= 0.3 is 0 Å². The van der Waals surface area contributed by atoms with Gasteiger partial charge in [0, 0.05) is 16.1 Å². The molecule has 0 aliphatic carbocycles. The Labute approximate surface area is 182 Å². The predicted molar refractivity (Wildman–Crippen MR) is 116 cm³/mol. The summed E-state index contributed by atoms with van der Waals surface area (Å²) in [6, 6.07) is 19.3. The van der Waals surface area contributed by atoms with Crippen LogP contribution in [0.25, 0.3) is 11.6 Å². The summed E-state index contributed by atoms with van der Waals surface area (Å²) >= 11 is 9.69. The second-order valence-electron chi connectivity index (χ2n) is 6.06. The van der Waals surface area contributed by atoms with Crippen LogP contribution in [0.1, 0.15) is 16.7 Å². The van der Waals surface area contributed by atoms with Crippen LogP contribution in [0.3, 0.4) is 0 Å². The highest BCUT2D eigenvalue weighted by atomic mass is 79.9. The first kappa shape index (κ1) is 20.9. The van der Waals surface area contributed by atoms with Gasteiger partial charge in [0.2, 0.25) is 0 Å². The van der Waals surface area contributed by atoms with Gasteiger partial charge in [0.15, 0.2) is 11.5 Å². The molecule has 3 aromatic rings. The second-order valence-corrected chi connectivity index (χ2v) is 7.33. The lowest BCUT2D eigenvalue weighted by Crippen LogP contribution is -2.01. The van der Waals surface area contributed by atoms with Gasteiger partial charge in [0.1, 0.15) is 12.4 Å². The van der Waals surface area contributed by atoms with E-state index in [1.54, 1.807) is 48.5 Å². The van der Waals surface area contributed by atoms with Gasteiger partial charge in [0.25, 0.3) is 0 Å². The summed E-state index contributed by atoms with van der Waals surface area (Å²) in [7, 11) is 1.52. The van der Waals surface area contributed by atoms with E-state index in [9.17, 15) is 9.65 Å². The number of nitrogens with zero attached hydrogens (tertiary/aromatic N) is 1. The number of hydrogen-bond acceptors (Lipinski definition) is 3. The topological polar surface area (TPSA) is 42.2 Å². The van der Waals surface area contributed by atoms with Crippen molar-refractivity contribution in [2.45, 2.75) is 6.61 Å². The summed E-state index contributed by atoms with van der Waals surface area (Å²) in [6.07, 6.45) is 1.72. The van der Waals surface area contributed by atoms with Crippen molar-refractivity contribution in [3.8, 4) is 17.6 Å². The zero-order valence-corrected chi connectivity index (χ0v) is 17.8. The number of hydrogen-bond donors (Lipinski definition) is 0. The van der Waals surface area contributed by atoms with Crippen molar-refractivity contribution in [1.82, 2.24) is 0 Å². The predicted octanol–water partition coefficient (Wildman–Crippen LogP) is 6.89. The van der Waals surface area contributed by atoms with E-state index in [0.717, 1.165) is 5.56 Å². The Kier molecular flexibility index (Phi) is 6.92. The molecule has 0 saturated heterocycles. The maximum atomic E-state index is 13.8. The molecule has 0 aromatic heterocycles. The molecule has 3 rings (SSSR count). The first-order valence-corrected chi connectivity index (χ1v) is 9.81. The van der Waals surface area contributed by atoms with Crippen LogP contribution in [0.4, 0.5) is 4.39 Å². The minimum absolute atomic E-state index is 0.0554. The van der Waals surface area contributed by atoms with Crippen molar-refractivity contribution >= 4 is 39.2 Å². The normalized spacial score (nSPS) is 11.1. The van der Waals surface area contributed by atoms with Crippen molar-refractivity contribution in [3.63, 3.8) is 0 Å². The van der Waals surface area contributed by atoms with E-state index in [4.69, 9.17) is 21.1 Å². The summed E-state index contributed by atoms with van der Waals surface area (Å²) in [5.41, 5.74) is 2.23. The van der Waals surface area contributed by atoms with Crippen LogP contribution in [-0.2, 0) is 6.61 Å². The third-order valence-electron chi connectivity index (χ3n) is 4.18. The summed E-state index contributed by atoms with van der Waals surface area (Å²) < 4.78 is 25.7. The fourth-order valence-corrected chi connectivity index (χ4v) is 3.56. The largest absolute Gasteiger partial charge is 0.493 e. The van der Waals surface area contributed by atoms with Crippen molar-refractivity contribution in [2.24, 2.45) is 0 Å². The SMILES string of the molecule is COc1cc(C=C(C#N)c2ccccc2Cl)cc(Br)c1OCc1ccccc1F. The highest BCUT2D eigenvalue weighted by molar-refractivity contribution is 9.10. The number of allylic oxidation sites excluding steroid dienone is 1. The zero-order valence-electron chi connectivity index (χ0n) is 15.5. The van der Waals surface area contributed by atoms with E-state index in [1.807, 2.05) is 12.1 Å². The minimum atomic E-state index is -0.333. The molecule has 0 unspecified atom stereocenters. The molecule has 6 heteroatoms. The van der Waals surface area contributed by atoms with Crippen LogP contribution >= 0.6 is 27.5 Å². The Bertz CT molecular complexity index is 1110. The lowest BCUT2D eigenvalue weighted by Gasteiger charge is -2.14. The van der Waals surface area contributed by atoms with Crippen LogP contribution in [-0.4, -0.2) is 7.11 Å². The average Bonchev–Trinajstić information content (AvgIpc) is 2.72. The molecule has 0 aliphatic rings. The van der Waals surface area contributed by atoms with Gasteiger partial charge in [-0.2, -0.15) is 5.26 Å². The lowest BCUT2D eigenvalue weighted by molar-refractivity contribution is 0.278. The average molecular weight is 473 g/mol. The van der Waals surface area contributed by atoms with Gasteiger partial charge in [-0.1, -0.05) is 48.0 Å². The summed E-state index contributed by atoms with van der Waals surface area (Å²) in [5, 5.41) is 10.1. The molecule has 0 atom stereocenters. The van der Waals surface area contributed by atoms with E-state index in [1.165, 1.54) is 13.2 Å². The highest BCUT2D eigenvalue weighted by Crippen LogP contribution is 2.38. The number of methoxy groups -OCH3 is 1. The number of rotatable bonds is 6. The molecule has 0 N–H and O–H groups in total. The van der Waals surface area contributed by atoms with Gasteiger partial charge in [0.05, 0.1) is 23.2 Å². The van der Waals surface area contributed by atoms with Crippen LogP contribution < -0.4 is 9.47 Å². The van der Waals surface area contributed by atoms with E-state index in [-0.39, 0.29) is 12.4 Å². The molecule has 0 saturated carbocycles. The summed E-state index contributed by atoms with van der Waals surface area (Å²) in [6.45, 7) is 0.0554. The van der Waals surface area contributed by atoms with E-state index >= 15 is 0 Å². The molecule has 0 aliphatic heterocycles. The van der Waals surface area contributed by atoms with Gasteiger partial charge in [-0.25, -0.2) is 4.39 Å². The van der Waals surface area contributed by atoms with Gasteiger partial charge in [-0.3, -0.25) is 0 Å². The molecular formula is C23H16BrClFNO2. The second kappa shape index (κ2) is 9.60. The van der Waals surface area contributed by atoms with Crippen LogP contribution in [0.5, 0.6) is 11.5 Å². The molecule has 0 bridgehead atoms. The number of benzene rings is 3. The third kappa shape index (κ3) is 4.97. The number of nitriles is 1. The van der Waals surface area contributed by atoms with E-state index < -0.39 is 0 Å². The minimum Gasteiger partial charge on any atom is -0.493 e. The number of halogens is 3. The zero-order chi connectivity index (χ0) is 20.8. The molecule has 0 amide bonds. The Morgan fingerprint density at radius 3 is 2.59 bits per heavy atom.